The van der Waals surface area contributed by atoms with Crippen molar-refractivity contribution in [2.24, 2.45) is 0 Å². The summed E-state index contributed by atoms with van der Waals surface area (Å²) >= 11 is 6.06. The molecule has 2 N–H and O–H groups in total. The first-order chi connectivity index (χ1) is 9.70. The van der Waals surface area contributed by atoms with E-state index in [0.29, 0.717) is 13.1 Å². The zero-order valence-corrected chi connectivity index (χ0v) is 13.4. The molecule has 1 amide bonds. The Kier molecular flexibility index (Phi) is 7.75. The fraction of sp³-hybridized carbons (Fsp3) is 0.400. The molecule has 1 fully saturated rings. The third-order valence-electron chi connectivity index (χ3n) is 3.38. The van der Waals surface area contributed by atoms with Gasteiger partial charge >= 0.3 is 0 Å². The molecule has 116 valence electrons. The van der Waals surface area contributed by atoms with Crippen molar-refractivity contribution < 1.29 is 4.79 Å². The summed E-state index contributed by atoms with van der Waals surface area (Å²) < 4.78 is 0. The molecule has 0 spiro atoms. The van der Waals surface area contributed by atoms with Gasteiger partial charge in [0.05, 0.1) is 6.54 Å². The largest absolute Gasteiger partial charge is 0.352 e. The normalized spacial score (nSPS) is 18.6. The van der Waals surface area contributed by atoms with E-state index in [1.807, 2.05) is 18.2 Å². The average molecular weight is 330 g/mol. The van der Waals surface area contributed by atoms with Crippen LogP contribution < -0.4 is 10.6 Å². The maximum absolute atomic E-state index is 11.9. The lowest BCUT2D eigenvalue weighted by Gasteiger charge is -2.36. The first-order valence-electron chi connectivity index (χ1n) is 6.78. The van der Waals surface area contributed by atoms with E-state index >= 15 is 0 Å². The Morgan fingerprint density at radius 2 is 2.38 bits per heavy atom. The molecule has 1 aromatic rings. The highest BCUT2D eigenvalue weighted by molar-refractivity contribution is 6.30. The quantitative estimate of drug-likeness (QED) is 0.812. The number of carbonyl (C=O) groups excluding carboxylic acids is 1. The van der Waals surface area contributed by atoms with Gasteiger partial charge in [-0.05, 0) is 17.7 Å². The molecule has 1 aliphatic heterocycles. The Hall–Kier alpha value is -1.07. The minimum absolute atomic E-state index is 0. The van der Waals surface area contributed by atoms with Crippen LogP contribution >= 0.6 is 24.0 Å². The van der Waals surface area contributed by atoms with Crippen LogP contribution in [0, 0.1) is 0 Å². The molecule has 6 heteroatoms. The number of amides is 1. The highest BCUT2D eigenvalue weighted by Crippen LogP contribution is 2.24. The average Bonchev–Trinajstić information content (AvgIpc) is 2.45. The minimum Gasteiger partial charge on any atom is -0.352 e. The van der Waals surface area contributed by atoms with Crippen LogP contribution in [0.2, 0.25) is 5.02 Å². The number of hydrogen-bond acceptors (Lipinski definition) is 3. The second-order valence-electron chi connectivity index (χ2n) is 4.84. The highest BCUT2D eigenvalue weighted by atomic mass is 35.5. The monoisotopic (exact) mass is 329 g/mol. The smallest absolute Gasteiger partial charge is 0.234 e. The van der Waals surface area contributed by atoms with Crippen LogP contribution in [0.4, 0.5) is 0 Å². The summed E-state index contributed by atoms with van der Waals surface area (Å²) in [6.45, 7) is 7.07. The predicted molar refractivity (Wildman–Crippen MR) is 89.1 cm³/mol. The summed E-state index contributed by atoms with van der Waals surface area (Å²) in [5.41, 5.74) is 1.14. The van der Waals surface area contributed by atoms with Gasteiger partial charge in [0, 0.05) is 37.2 Å². The van der Waals surface area contributed by atoms with E-state index in [1.165, 1.54) is 0 Å². The van der Waals surface area contributed by atoms with Gasteiger partial charge in [-0.3, -0.25) is 9.69 Å². The number of nitrogens with zero attached hydrogens (tertiary/aromatic N) is 1. The van der Waals surface area contributed by atoms with Crippen LogP contribution in [0.1, 0.15) is 11.6 Å². The van der Waals surface area contributed by atoms with E-state index < -0.39 is 0 Å². The first-order valence-corrected chi connectivity index (χ1v) is 7.16. The van der Waals surface area contributed by atoms with Crippen molar-refractivity contribution in [1.29, 1.82) is 0 Å². The second-order valence-corrected chi connectivity index (χ2v) is 5.27. The lowest BCUT2D eigenvalue weighted by atomic mass is 10.0. The van der Waals surface area contributed by atoms with Crippen molar-refractivity contribution >= 4 is 29.9 Å². The molecule has 2 rings (SSSR count). The minimum atomic E-state index is 0. The third-order valence-corrected chi connectivity index (χ3v) is 3.61. The maximum atomic E-state index is 11.9. The number of hydrogen-bond donors (Lipinski definition) is 2. The molecule has 1 unspecified atom stereocenters. The summed E-state index contributed by atoms with van der Waals surface area (Å²) in [5, 5.41) is 6.91. The Balaban J connectivity index is 0.00000220. The fourth-order valence-electron chi connectivity index (χ4n) is 2.40. The van der Waals surface area contributed by atoms with Gasteiger partial charge < -0.3 is 10.6 Å². The first kappa shape index (κ1) is 18.0. The number of halogens is 2. The highest BCUT2D eigenvalue weighted by Gasteiger charge is 2.25. The second kappa shape index (κ2) is 9.05. The van der Waals surface area contributed by atoms with Gasteiger partial charge in [0.15, 0.2) is 0 Å². The Morgan fingerprint density at radius 3 is 3.10 bits per heavy atom. The van der Waals surface area contributed by atoms with Crippen LogP contribution in [-0.2, 0) is 4.79 Å². The van der Waals surface area contributed by atoms with Crippen LogP contribution in [0.5, 0.6) is 0 Å². The third kappa shape index (κ3) is 5.32. The van der Waals surface area contributed by atoms with E-state index in [9.17, 15) is 4.79 Å². The Morgan fingerprint density at radius 1 is 1.57 bits per heavy atom. The van der Waals surface area contributed by atoms with Crippen molar-refractivity contribution in [1.82, 2.24) is 15.5 Å². The lowest BCUT2D eigenvalue weighted by molar-refractivity contribution is -0.122. The number of nitrogens with one attached hydrogen (secondary N) is 2. The summed E-state index contributed by atoms with van der Waals surface area (Å²) in [7, 11) is 0. The molecular weight excluding hydrogens is 309 g/mol. The zero-order valence-electron chi connectivity index (χ0n) is 11.8. The molecule has 21 heavy (non-hydrogen) atoms. The molecule has 1 saturated heterocycles. The summed E-state index contributed by atoms with van der Waals surface area (Å²) in [6.07, 6.45) is 1.68. The van der Waals surface area contributed by atoms with Crippen molar-refractivity contribution in [2.75, 3.05) is 32.7 Å². The molecule has 4 nitrogen and oxygen atoms in total. The van der Waals surface area contributed by atoms with Crippen molar-refractivity contribution in [2.45, 2.75) is 6.04 Å². The van der Waals surface area contributed by atoms with Gasteiger partial charge in [-0.15, -0.1) is 19.0 Å². The molecule has 0 bridgehead atoms. The van der Waals surface area contributed by atoms with Crippen molar-refractivity contribution in [3.63, 3.8) is 0 Å². The molecule has 0 aromatic heterocycles. The summed E-state index contributed by atoms with van der Waals surface area (Å²) in [4.78, 5) is 14.0. The molecule has 0 radical (unpaired) electrons. The van der Waals surface area contributed by atoms with Gasteiger partial charge in [-0.25, -0.2) is 0 Å². The van der Waals surface area contributed by atoms with Crippen LogP contribution in [-0.4, -0.2) is 43.5 Å². The van der Waals surface area contributed by atoms with E-state index in [0.717, 1.165) is 30.2 Å². The van der Waals surface area contributed by atoms with E-state index in [-0.39, 0.29) is 24.4 Å². The number of benzene rings is 1. The van der Waals surface area contributed by atoms with E-state index in [4.69, 9.17) is 11.6 Å². The molecule has 1 aliphatic rings. The Bertz CT molecular complexity index is 482. The number of piperazine rings is 1. The topological polar surface area (TPSA) is 44.4 Å². The standard InChI is InChI=1S/C15H20ClN3O.ClH/c1-2-6-18-15(20)11-19-8-7-17-10-14(19)12-4-3-5-13(16)9-12;/h2-5,9,14,17H,1,6-8,10-11H2,(H,18,20);1H. The van der Waals surface area contributed by atoms with Gasteiger partial charge in [-0.2, -0.15) is 0 Å². The SMILES string of the molecule is C=CCNC(=O)CN1CCNCC1c1cccc(Cl)c1.Cl. The Labute approximate surface area is 136 Å². The van der Waals surface area contributed by atoms with E-state index in [2.05, 4.69) is 28.2 Å². The predicted octanol–water partition coefficient (Wildman–Crippen LogP) is 2.01. The van der Waals surface area contributed by atoms with Crippen LogP contribution in [0.25, 0.3) is 0 Å². The van der Waals surface area contributed by atoms with Crippen molar-refractivity contribution in [3.8, 4) is 0 Å². The molecule has 0 saturated carbocycles. The number of carbonyl (C=O) groups is 1. The molecule has 1 aromatic carbocycles. The fourth-order valence-corrected chi connectivity index (χ4v) is 2.60. The zero-order chi connectivity index (χ0) is 14.4. The van der Waals surface area contributed by atoms with E-state index in [1.54, 1.807) is 6.08 Å². The van der Waals surface area contributed by atoms with Crippen LogP contribution in [0.15, 0.2) is 36.9 Å². The molecular formula is C15H21Cl2N3O. The van der Waals surface area contributed by atoms with Crippen LogP contribution in [0.3, 0.4) is 0 Å². The molecule has 0 aliphatic carbocycles. The molecule has 1 heterocycles. The van der Waals surface area contributed by atoms with Gasteiger partial charge in [-0.1, -0.05) is 29.8 Å². The summed E-state index contributed by atoms with van der Waals surface area (Å²) in [5.74, 6) is 0.0267. The van der Waals surface area contributed by atoms with Gasteiger partial charge in [0.2, 0.25) is 5.91 Å². The van der Waals surface area contributed by atoms with Gasteiger partial charge in [0.1, 0.15) is 0 Å². The number of rotatable bonds is 5. The summed E-state index contributed by atoms with van der Waals surface area (Å²) in [6, 6.07) is 8.01. The molecule has 1 atom stereocenters. The maximum Gasteiger partial charge on any atom is 0.234 e. The van der Waals surface area contributed by atoms with Gasteiger partial charge in [0.25, 0.3) is 0 Å². The lowest BCUT2D eigenvalue weighted by Crippen LogP contribution is -2.49. The van der Waals surface area contributed by atoms with Crippen molar-refractivity contribution in [3.05, 3.63) is 47.5 Å².